The van der Waals surface area contributed by atoms with Gasteiger partial charge in [-0.2, -0.15) is 0 Å². The van der Waals surface area contributed by atoms with E-state index in [-0.39, 0.29) is 17.2 Å². The number of hydrogen-bond acceptors (Lipinski definition) is 7. The molecule has 152 valence electrons. The number of carbonyl (C=O) groups is 3. The predicted octanol–water partition coefficient (Wildman–Crippen LogP) is 2.21. The van der Waals surface area contributed by atoms with E-state index in [0.717, 1.165) is 12.8 Å². The monoisotopic (exact) mass is 411 g/mol. The maximum Gasteiger partial charge on any atom is 0.338 e. The molecule has 1 amide bonds. The molecule has 28 heavy (non-hydrogen) atoms. The highest BCUT2D eigenvalue weighted by Gasteiger charge is 2.33. The van der Waals surface area contributed by atoms with E-state index in [1.807, 2.05) is 0 Å². The van der Waals surface area contributed by atoms with E-state index in [1.165, 1.54) is 17.0 Å². The van der Waals surface area contributed by atoms with Crippen LogP contribution in [0.4, 0.5) is 0 Å². The average Bonchev–Trinajstić information content (AvgIpc) is 2.72. The summed E-state index contributed by atoms with van der Waals surface area (Å²) in [5.74, 6) is -0.839. The van der Waals surface area contributed by atoms with Crippen molar-refractivity contribution >= 4 is 29.4 Å². The van der Waals surface area contributed by atoms with Crippen molar-refractivity contribution in [2.75, 3.05) is 33.0 Å². The van der Waals surface area contributed by atoms with Gasteiger partial charge in [0.25, 0.3) is 5.91 Å². The van der Waals surface area contributed by atoms with Crippen molar-refractivity contribution in [2.45, 2.75) is 32.2 Å². The summed E-state index contributed by atoms with van der Waals surface area (Å²) in [7, 11) is 0. The largest absolute Gasteiger partial charge is 0.486 e. The van der Waals surface area contributed by atoms with Gasteiger partial charge in [-0.1, -0.05) is 11.6 Å². The van der Waals surface area contributed by atoms with Gasteiger partial charge in [0.15, 0.2) is 18.1 Å². The molecule has 3 rings (SSSR count). The van der Waals surface area contributed by atoms with E-state index >= 15 is 0 Å². The van der Waals surface area contributed by atoms with E-state index in [4.69, 9.17) is 30.5 Å². The molecule has 0 bridgehead atoms. The fourth-order valence-corrected chi connectivity index (χ4v) is 3.50. The van der Waals surface area contributed by atoms with Crippen LogP contribution in [0.2, 0.25) is 5.02 Å². The van der Waals surface area contributed by atoms with Crippen LogP contribution in [0.25, 0.3) is 0 Å². The fraction of sp³-hybridized carbons (Fsp3) is 0.526. The Morgan fingerprint density at radius 2 is 1.96 bits per heavy atom. The Bertz CT molecular complexity index is 767. The minimum atomic E-state index is -0.711. The zero-order chi connectivity index (χ0) is 20.1. The molecule has 1 aromatic carbocycles. The molecule has 0 spiro atoms. The Balaban J connectivity index is 1.63. The molecule has 0 aromatic heterocycles. The number of rotatable bonds is 5. The van der Waals surface area contributed by atoms with Gasteiger partial charge >= 0.3 is 11.9 Å². The van der Waals surface area contributed by atoms with E-state index in [2.05, 4.69) is 0 Å². The van der Waals surface area contributed by atoms with Gasteiger partial charge in [0.05, 0.1) is 17.2 Å². The summed E-state index contributed by atoms with van der Waals surface area (Å²) in [4.78, 5) is 38.4. The molecule has 1 saturated heterocycles. The molecule has 1 aromatic rings. The molecule has 1 atom stereocenters. The van der Waals surface area contributed by atoms with E-state index in [0.29, 0.717) is 37.7 Å². The minimum Gasteiger partial charge on any atom is -0.486 e. The van der Waals surface area contributed by atoms with Gasteiger partial charge in [-0.05, 0) is 38.3 Å². The van der Waals surface area contributed by atoms with Crippen molar-refractivity contribution in [3.63, 3.8) is 0 Å². The Kier molecular flexibility index (Phi) is 6.61. The van der Waals surface area contributed by atoms with E-state index in [1.54, 1.807) is 6.92 Å². The summed E-state index contributed by atoms with van der Waals surface area (Å²) in [6, 6.07) is 2.24. The fourth-order valence-electron chi connectivity index (χ4n) is 3.24. The lowest BCUT2D eigenvalue weighted by Gasteiger charge is -2.33. The van der Waals surface area contributed by atoms with Crippen LogP contribution < -0.4 is 9.47 Å². The third kappa shape index (κ3) is 4.49. The summed E-state index contributed by atoms with van der Waals surface area (Å²) >= 11 is 6.12. The number of benzene rings is 1. The first-order valence-corrected chi connectivity index (χ1v) is 9.61. The molecular formula is C19H22ClNO7. The lowest BCUT2D eigenvalue weighted by molar-refractivity contribution is -0.157. The van der Waals surface area contributed by atoms with Crippen LogP contribution in [0.15, 0.2) is 12.1 Å². The van der Waals surface area contributed by atoms with Gasteiger partial charge in [0, 0.05) is 6.54 Å². The van der Waals surface area contributed by atoms with Gasteiger partial charge in [0.2, 0.25) is 0 Å². The standard InChI is InChI=1S/C19H22ClNO7/c1-2-25-19(24)14-5-3-4-6-21(14)16(22)11-28-18(23)12-9-13(20)17-15(10-12)26-7-8-27-17/h9-10,14H,2-8,11H2,1H3. The van der Waals surface area contributed by atoms with Crippen LogP contribution in [0.1, 0.15) is 36.5 Å². The molecule has 1 fully saturated rings. The van der Waals surface area contributed by atoms with E-state index < -0.39 is 30.5 Å². The number of likely N-dealkylation sites (tertiary alicyclic amines) is 1. The third-order valence-electron chi connectivity index (χ3n) is 4.54. The Labute approximate surface area is 167 Å². The van der Waals surface area contributed by atoms with Crippen molar-refractivity contribution in [1.29, 1.82) is 0 Å². The van der Waals surface area contributed by atoms with Crippen molar-refractivity contribution in [2.24, 2.45) is 0 Å². The number of carbonyl (C=O) groups excluding carboxylic acids is 3. The minimum absolute atomic E-state index is 0.155. The van der Waals surface area contributed by atoms with Gasteiger partial charge in [-0.15, -0.1) is 0 Å². The summed E-state index contributed by atoms with van der Waals surface area (Å²) in [6.45, 7) is 2.65. The highest BCUT2D eigenvalue weighted by atomic mass is 35.5. The molecular weight excluding hydrogens is 390 g/mol. The summed E-state index contributed by atoms with van der Waals surface area (Å²) in [5, 5.41) is 0.230. The number of esters is 2. The SMILES string of the molecule is CCOC(=O)C1CCCCN1C(=O)COC(=O)c1cc(Cl)c2c(c1)OCCO2. The Morgan fingerprint density at radius 3 is 2.75 bits per heavy atom. The van der Waals surface area contributed by atoms with Crippen LogP contribution in [0.5, 0.6) is 11.5 Å². The second-order valence-electron chi connectivity index (χ2n) is 6.41. The van der Waals surface area contributed by atoms with Crippen LogP contribution in [-0.4, -0.2) is 61.8 Å². The Hall–Kier alpha value is -2.48. The first-order chi connectivity index (χ1) is 13.5. The molecule has 2 heterocycles. The molecule has 0 radical (unpaired) electrons. The van der Waals surface area contributed by atoms with Crippen LogP contribution in [0.3, 0.4) is 0 Å². The van der Waals surface area contributed by atoms with Gasteiger partial charge < -0.3 is 23.8 Å². The van der Waals surface area contributed by atoms with Gasteiger partial charge in [0.1, 0.15) is 19.3 Å². The average molecular weight is 412 g/mol. The van der Waals surface area contributed by atoms with Crippen molar-refractivity contribution in [1.82, 2.24) is 4.90 Å². The van der Waals surface area contributed by atoms with Crippen LogP contribution >= 0.6 is 11.6 Å². The number of piperidine rings is 1. The number of fused-ring (bicyclic) bond motifs is 1. The summed E-state index contributed by atoms with van der Waals surface area (Å²) in [6.07, 6.45) is 2.16. The normalized spacial score (nSPS) is 18.4. The lowest BCUT2D eigenvalue weighted by Crippen LogP contribution is -2.50. The highest BCUT2D eigenvalue weighted by Crippen LogP contribution is 2.38. The zero-order valence-electron chi connectivity index (χ0n) is 15.6. The van der Waals surface area contributed by atoms with Crippen LogP contribution in [0, 0.1) is 0 Å². The molecule has 0 N–H and O–H groups in total. The second-order valence-corrected chi connectivity index (χ2v) is 6.82. The smallest absolute Gasteiger partial charge is 0.338 e. The number of nitrogens with zero attached hydrogens (tertiary/aromatic N) is 1. The summed E-state index contributed by atoms with van der Waals surface area (Å²) < 4.78 is 21.0. The number of halogens is 1. The first kappa shape index (κ1) is 20.3. The quantitative estimate of drug-likeness (QED) is 0.686. The third-order valence-corrected chi connectivity index (χ3v) is 4.82. The maximum absolute atomic E-state index is 12.5. The molecule has 8 nitrogen and oxygen atoms in total. The molecule has 0 saturated carbocycles. The number of amides is 1. The van der Waals surface area contributed by atoms with Crippen molar-refractivity contribution in [3.8, 4) is 11.5 Å². The van der Waals surface area contributed by atoms with Crippen molar-refractivity contribution in [3.05, 3.63) is 22.7 Å². The summed E-state index contributed by atoms with van der Waals surface area (Å²) in [5.41, 5.74) is 0.155. The molecule has 9 heteroatoms. The number of ether oxygens (including phenoxy) is 4. The second kappa shape index (κ2) is 9.14. The van der Waals surface area contributed by atoms with E-state index in [9.17, 15) is 14.4 Å². The first-order valence-electron chi connectivity index (χ1n) is 9.23. The zero-order valence-corrected chi connectivity index (χ0v) is 16.3. The number of hydrogen-bond donors (Lipinski definition) is 0. The predicted molar refractivity (Wildman–Crippen MR) is 98.7 cm³/mol. The van der Waals surface area contributed by atoms with Gasteiger partial charge in [-0.3, -0.25) is 4.79 Å². The maximum atomic E-state index is 12.5. The molecule has 0 aliphatic carbocycles. The van der Waals surface area contributed by atoms with Crippen molar-refractivity contribution < 1.29 is 33.3 Å². The lowest BCUT2D eigenvalue weighted by atomic mass is 10.0. The molecule has 2 aliphatic rings. The van der Waals surface area contributed by atoms with Gasteiger partial charge in [-0.25, -0.2) is 9.59 Å². The topological polar surface area (TPSA) is 91.4 Å². The highest BCUT2D eigenvalue weighted by molar-refractivity contribution is 6.32. The molecule has 1 unspecified atom stereocenters. The molecule has 2 aliphatic heterocycles. The van der Waals surface area contributed by atoms with Crippen LogP contribution in [-0.2, 0) is 19.1 Å². The Morgan fingerprint density at radius 1 is 1.18 bits per heavy atom.